The third-order valence-corrected chi connectivity index (χ3v) is 7.83. The minimum atomic E-state index is -3.47. The zero-order valence-electron chi connectivity index (χ0n) is 16.2. The van der Waals surface area contributed by atoms with Crippen LogP contribution < -0.4 is 4.90 Å². The fourth-order valence-electron chi connectivity index (χ4n) is 3.32. The molecule has 0 amide bonds. The summed E-state index contributed by atoms with van der Waals surface area (Å²) in [5.74, 6) is 0. The predicted octanol–water partition coefficient (Wildman–Crippen LogP) is 3.06. The molecule has 0 spiro atoms. The molecule has 7 nitrogen and oxygen atoms in total. The van der Waals surface area contributed by atoms with E-state index < -0.39 is 10.0 Å². The molecule has 4 rings (SSSR count). The molecule has 0 saturated carbocycles. The minimum Gasteiger partial charge on any atom is -0.344 e. The van der Waals surface area contributed by atoms with E-state index in [9.17, 15) is 8.42 Å². The second kappa shape index (κ2) is 8.56. The summed E-state index contributed by atoms with van der Waals surface area (Å²) in [5.41, 5.74) is 1.96. The van der Waals surface area contributed by atoms with Gasteiger partial charge in [0.25, 0.3) is 0 Å². The molecule has 1 fully saturated rings. The first-order chi connectivity index (χ1) is 14.1. The first-order valence-corrected chi connectivity index (χ1v) is 11.9. The number of benzene rings is 1. The summed E-state index contributed by atoms with van der Waals surface area (Å²) in [4.78, 5) is 6.75. The van der Waals surface area contributed by atoms with E-state index in [1.165, 1.54) is 11.3 Å². The molecule has 3 heterocycles. The summed E-state index contributed by atoms with van der Waals surface area (Å²) in [6, 6.07) is 12.9. The molecule has 0 unspecified atom stereocenters. The second-order valence-corrected chi connectivity index (χ2v) is 9.78. The van der Waals surface area contributed by atoms with Crippen LogP contribution in [0.5, 0.6) is 0 Å². The summed E-state index contributed by atoms with van der Waals surface area (Å²) in [6.07, 6.45) is 3.73. The van der Waals surface area contributed by atoms with Crippen LogP contribution in [0, 0.1) is 0 Å². The van der Waals surface area contributed by atoms with Crippen molar-refractivity contribution >= 4 is 26.5 Å². The van der Waals surface area contributed by atoms with Gasteiger partial charge in [0, 0.05) is 32.4 Å². The Kier molecular flexibility index (Phi) is 5.89. The molecule has 0 radical (unpaired) electrons. The van der Waals surface area contributed by atoms with Crippen LogP contribution in [-0.4, -0.2) is 54.1 Å². The Bertz CT molecular complexity index is 1040. The maximum Gasteiger partial charge on any atom is 0.243 e. The van der Waals surface area contributed by atoms with E-state index in [2.05, 4.69) is 27.0 Å². The average Bonchev–Trinajstić information content (AvgIpc) is 3.25. The lowest BCUT2D eigenvalue weighted by atomic mass is 10.1. The highest BCUT2D eigenvalue weighted by Crippen LogP contribution is 2.28. The van der Waals surface area contributed by atoms with Gasteiger partial charge in [0.1, 0.15) is 5.69 Å². The quantitative estimate of drug-likeness (QED) is 0.599. The molecule has 0 bridgehead atoms. The number of hydrogen-bond donors (Lipinski definition) is 0. The van der Waals surface area contributed by atoms with Gasteiger partial charge < -0.3 is 4.90 Å². The monoisotopic (exact) mass is 429 g/mol. The summed E-state index contributed by atoms with van der Waals surface area (Å²) >= 11 is 1.48. The van der Waals surface area contributed by atoms with Crippen LogP contribution >= 0.6 is 11.3 Å². The molecule has 3 aromatic rings. The van der Waals surface area contributed by atoms with E-state index >= 15 is 0 Å². The van der Waals surface area contributed by atoms with E-state index in [1.54, 1.807) is 22.6 Å². The molecule has 152 valence electrons. The van der Waals surface area contributed by atoms with Gasteiger partial charge in [-0.25, -0.2) is 8.42 Å². The minimum absolute atomic E-state index is 0.360. The maximum atomic E-state index is 13.0. The van der Waals surface area contributed by atoms with Gasteiger partial charge in [-0.05, 0) is 36.2 Å². The van der Waals surface area contributed by atoms with Crippen LogP contribution in [0.25, 0.3) is 10.7 Å². The van der Waals surface area contributed by atoms with Gasteiger partial charge in [-0.3, -0.25) is 4.98 Å². The van der Waals surface area contributed by atoms with Gasteiger partial charge in [0.15, 0.2) is 5.01 Å². The Balaban J connectivity index is 1.42. The van der Waals surface area contributed by atoms with Crippen molar-refractivity contribution in [2.45, 2.75) is 24.7 Å². The van der Waals surface area contributed by atoms with Gasteiger partial charge in [0.05, 0.1) is 4.90 Å². The number of nitrogens with zero attached hydrogens (tertiary/aromatic N) is 5. The second-order valence-electron chi connectivity index (χ2n) is 6.89. The number of piperazine rings is 1. The average molecular weight is 430 g/mol. The molecule has 0 N–H and O–H groups in total. The summed E-state index contributed by atoms with van der Waals surface area (Å²) in [7, 11) is -3.47. The Morgan fingerprint density at radius 2 is 1.76 bits per heavy atom. The van der Waals surface area contributed by atoms with E-state index in [0.29, 0.717) is 31.1 Å². The van der Waals surface area contributed by atoms with E-state index in [4.69, 9.17) is 0 Å². The fourth-order valence-corrected chi connectivity index (χ4v) is 5.62. The van der Waals surface area contributed by atoms with Crippen molar-refractivity contribution in [3.8, 4) is 10.7 Å². The fraction of sp³-hybridized carbons (Fsp3) is 0.350. The molecule has 1 aliphatic rings. The van der Waals surface area contributed by atoms with Crippen LogP contribution in [0.4, 0.5) is 5.13 Å². The molecule has 1 aliphatic heterocycles. The molecule has 29 heavy (non-hydrogen) atoms. The van der Waals surface area contributed by atoms with Crippen molar-refractivity contribution in [1.82, 2.24) is 19.5 Å². The smallest absolute Gasteiger partial charge is 0.243 e. The molecule has 9 heteroatoms. The molecule has 0 aliphatic carbocycles. The van der Waals surface area contributed by atoms with E-state index in [-0.39, 0.29) is 0 Å². The molecule has 0 atom stereocenters. The van der Waals surface area contributed by atoms with Crippen molar-refractivity contribution in [3.63, 3.8) is 0 Å². The van der Waals surface area contributed by atoms with Crippen LogP contribution in [0.1, 0.15) is 18.9 Å². The first kappa shape index (κ1) is 19.9. The molecule has 2 aromatic heterocycles. The Hall–Kier alpha value is -2.36. The van der Waals surface area contributed by atoms with E-state index in [0.717, 1.165) is 34.2 Å². The third-order valence-electron chi connectivity index (χ3n) is 4.91. The largest absolute Gasteiger partial charge is 0.344 e. The number of rotatable bonds is 6. The highest BCUT2D eigenvalue weighted by atomic mass is 32.2. The first-order valence-electron chi connectivity index (χ1n) is 9.67. The lowest BCUT2D eigenvalue weighted by Crippen LogP contribution is -2.48. The van der Waals surface area contributed by atoms with Crippen molar-refractivity contribution in [1.29, 1.82) is 0 Å². The predicted molar refractivity (Wildman–Crippen MR) is 115 cm³/mol. The maximum absolute atomic E-state index is 13.0. The van der Waals surface area contributed by atoms with Crippen molar-refractivity contribution in [3.05, 3.63) is 54.2 Å². The lowest BCUT2D eigenvalue weighted by molar-refractivity contribution is 0.384. The van der Waals surface area contributed by atoms with Gasteiger partial charge >= 0.3 is 0 Å². The molecule has 1 aromatic carbocycles. The highest BCUT2D eigenvalue weighted by Gasteiger charge is 2.29. The van der Waals surface area contributed by atoms with Gasteiger partial charge in [-0.2, -0.15) is 4.31 Å². The summed E-state index contributed by atoms with van der Waals surface area (Å²) < 4.78 is 27.5. The Labute approximate surface area is 175 Å². The summed E-state index contributed by atoms with van der Waals surface area (Å²) in [5, 5.41) is 10.1. The van der Waals surface area contributed by atoms with Gasteiger partial charge in [0.2, 0.25) is 15.2 Å². The number of pyridine rings is 1. The number of sulfonamides is 1. The lowest BCUT2D eigenvalue weighted by Gasteiger charge is -2.33. The number of anilines is 1. The number of aromatic nitrogens is 3. The molecular weight excluding hydrogens is 406 g/mol. The third kappa shape index (κ3) is 4.31. The topological polar surface area (TPSA) is 79.3 Å². The van der Waals surface area contributed by atoms with Crippen LogP contribution in [0.15, 0.2) is 53.6 Å². The normalized spacial score (nSPS) is 15.6. The Morgan fingerprint density at radius 3 is 2.41 bits per heavy atom. The van der Waals surface area contributed by atoms with E-state index in [1.807, 2.05) is 30.3 Å². The van der Waals surface area contributed by atoms with Gasteiger partial charge in [-0.1, -0.05) is 42.9 Å². The van der Waals surface area contributed by atoms with Gasteiger partial charge in [-0.15, -0.1) is 10.2 Å². The highest BCUT2D eigenvalue weighted by molar-refractivity contribution is 7.89. The zero-order chi connectivity index (χ0) is 20.3. The Morgan fingerprint density at radius 1 is 1.00 bits per heavy atom. The molecule has 1 saturated heterocycles. The van der Waals surface area contributed by atoms with Crippen LogP contribution in [0.3, 0.4) is 0 Å². The number of aryl methyl sites for hydroxylation is 1. The van der Waals surface area contributed by atoms with Crippen LogP contribution in [0.2, 0.25) is 0 Å². The van der Waals surface area contributed by atoms with Crippen LogP contribution in [-0.2, 0) is 16.4 Å². The number of hydrogen-bond acceptors (Lipinski definition) is 7. The summed E-state index contributed by atoms with van der Waals surface area (Å²) in [6.45, 7) is 4.14. The standard InChI is InChI=1S/C20H23N5O2S2/c1-2-5-16-7-9-17(10-8-16)29(26,27)25-14-12-24(13-15-25)20-23-22-19(28-20)18-6-3-4-11-21-18/h3-4,6-11H,2,5,12-15H2,1H3. The van der Waals surface area contributed by atoms with Crippen molar-refractivity contribution in [2.75, 3.05) is 31.1 Å². The van der Waals surface area contributed by atoms with Crippen molar-refractivity contribution in [2.24, 2.45) is 0 Å². The zero-order valence-corrected chi connectivity index (χ0v) is 17.9. The molecular formula is C20H23N5O2S2. The van der Waals surface area contributed by atoms with Crippen molar-refractivity contribution < 1.29 is 8.42 Å². The SMILES string of the molecule is CCCc1ccc(S(=O)(=O)N2CCN(c3nnc(-c4ccccn4)s3)CC2)cc1.